The van der Waals surface area contributed by atoms with E-state index >= 15 is 0 Å². The zero-order valence-corrected chi connectivity index (χ0v) is 13.3. The maximum absolute atomic E-state index is 13.1. The summed E-state index contributed by atoms with van der Waals surface area (Å²) in [6.45, 7) is 0. The molecule has 0 spiro atoms. The summed E-state index contributed by atoms with van der Waals surface area (Å²) in [7, 11) is 0. The molecule has 6 nitrogen and oxygen atoms in total. The first-order valence-corrected chi connectivity index (χ1v) is 7.54. The average molecular weight is 335 g/mol. The average Bonchev–Trinajstić information content (AvgIpc) is 2.61. The molecule has 0 atom stereocenters. The Labute approximate surface area is 144 Å². The Morgan fingerprint density at radius 2 is 1.36 bits per heavy atom. The Kier molecular flexibility index (Phi) is 4.18. The van der Waals surface area contributed by atoms with Gasteiger partial charge in [-0.15, -0.1) is 0 Å². The van der Waals surface area contributed by atoms with E-state index in [9.17, 15) is 15.0 Å². The van der Waals surface area contributed by atoms with Crippen molar-refractivity contribution in [2.45, 2.75) is 0 Å². The van der Waals surface area contributed by atoms with Gasteiger partial charge >= 0.3 is 0 Å². The highest BCUT2D eigenvalue weighted by atomic mass is 16.3. The molecule has 0 unspecified atom stereocenters. The molecule has 0 aliphatic heterocycles. The van der Waals surface area contributed by atoms with Crippen LogP contribution in [0.4, 0.5) is 22.7 Å². The van der Waals surface area contributed by atoms with Crippen molar-refractivity contribution >= 4 is 28.7 Å². The van der Waals surface area contributed by atoms with E-state index in [2.05, 4.69) is 0 Å². The molecule has 126 valence electrons. The second-order valence-electron chi connectivity index (χ2n) is 5.49. The molecule has 3 aromatic carbocycles. The first kappa shape index (κ1) is 16.2. The van der Waals surface area contributed by atoms with E-state index < -0.39 is 0 Å². The predicted molar refractivity (Wildman–Crippen MR) is 97.9 cm³/mol. The fourth-order valence-corrected chi connectivity index (χ4v) is 2.44. The summed E-state index contributed by atoms with van der Waals surface area (Å²) in [5.74, 6) is -0.670. The molecule has 6 N–H and O–H groups in total. The number of hydrogen-bond donors (Lipinski definition) is 4. The minimum Gasteiger partial charge on any atom is -0.506 e. The predicted octanol–water partition coefficient (Wildman–Crippen LogP) is 3.24. The van der Waals surface area contributed by atoms with E-state index in [1.165, 1.54) is 35.2 Å². The van der Waals surface area contributed by atoms with Gasteiger partial charge in [0.2, 0.25) is 0 Å². The summed E-state index contributed by atoms with van der Waals surface area (Å²) < 4.78 is 0. The molecule has 0 radical (unpaired) electrons. The van der Waals surface area contributed by atoms with Gasteiger partial charge in [0.25, 0.3) is 5.91 Å². The van der Waals surface area contributed by atoms with E-state index in [1.807, 2.05) is 6.07 Å². The van der Waals surface area contributed by atoms with Crippen LogP contribution < -0.4 is 16.4 Å². The quantitative estimate of drug-likeness (QED) is 0.433. The standard InChI is InChI=1S/C19H17N3O3/c20-15-8-6-12(10-17(15)23)19(25)22(13-4-2-1-3-5-13)14-7-9-16(21)18(24)11-14/h1-11,23-24H,20-21H2. The van der Waals surface area contributed by atoms with Crippen LogP contribution in [0, 0.1) is 0 Å². The molecule has 6 heteroatoms. The van der Waals surface area contributed by atoms with Crippen molar-refractivity contribution in [3.63, 3.8) is 0 Å². The first-order valence-electron chi connectivity index (χ1n) is 7.54. The van der Waals surface area contributed by atoms with E-state index in [0.29, 0.717) is 11.4 Å². The van der Waals surface area contributed by atoms with Gasteiger partial charge in [-0.25, -0.2) is 0 Å². The SMILES string of the molecule is Nc1ccc(C(=O)N(c2ccccc2)c2ccc(N)c(O)c2)cc1O. The van der Waals surface area contributed by atoms with E-state index in [1.54, 1.807) is 30.3 Å². The Hall–Kier alpha value is -3.67. The Balaban J connectivity index is 2.12. The molecule has 0 aliphatic carbocycles. The van der Waals surface area contributed by atoms with Gasteiger partial charge in [0.15, 0.2) is 0 Å². The Morgan fingerprint density at radius 3 is 1.96 bits per heavy atom. The van der Waals surface area contributed by atoms with Crippen molar-refractivity contribution in [3.05, 3.63) is 72.3 Å². The van der Waals surface area contributed by atoms with Crippen LogP contribution >= 0.6 is 0 Å². The molecule has 0 saturated carbocycles. The van der Waals surface area contributed by atoms with Gasteiger partial charge in [-0.05, 0) is 42.5 Å². The van der Waals surface area contributed by atoms with Gasteiger partial charge in [0.05, 0.1) is 17.1 Å². The van der Waals surface area contributed by atoms with Gasteiger partial charge in [-0.1, -0.05) is 18.2 Å². The molecule has 0 saturated heterocycles. The maximum atomic E-state index is 13.1. The number of hydrogen-bond acceptors (Lipinski definition) is 5. The third kappa shape index (κ3) is 3.18. The van der Waals surface area contributed by atoms with Crippen molar-refractivity contribution in [2.24, 2.45) is 0 Å². The number of nitrogen functional groups attached to an aromatic ring is 2. The molecule has 0 aliphatic rings. The molecular formula is C19H17N3O3. The van der Waals surface area contributed by atoms with E-state index in [4.69, 9.17) is 11.5 Å². The van der Waals surface area contributed by atoms with E-state index in [0.717, 1.165) is 0 Å². The fraction of sp³-hybridized carbons (Fsp3) is 0. The Bertz CT molecular complexity index is 926. The number of carbonyl (C=O) groups excluding carboxylic acids is 1. The zero-order chi connectivity index (χ0) is 18.0. The topological polar surface area (TPSA) is 113 Å². The number of anilines is 4. The van der Waals surface area contributed by atoms with Crippen molar-refractivity contribution < 1.29 is 15.0 Å². The van der Waals surface area contributed by atoms with Gasteiger partial charge < -0.3 is 21.7 Å². The van der Waals surface area contributed by atoms with Crippen LogP contribution in [-0.4, -0.2) is 16.1 Å². The number of rotatable bonds is 3. The third-order valence-corrected chi connectivity index (χ3v) is 3.77. The number of aromatic hydroxyl groups is 2. The van der Waals surface area contributed by atoms with Crippen LogP contribution in [-0.2, 0) is 0 Å². The smallest absolute Gasteiger partial charge is 0.262 e. The second kappa shape index (κ2) is 6.45. The number of nitrogens with zero attached hydrogens (tertiary/aromatic N) is 1. The molecule has 25 heavy (non-hydrogen) atoms. The molecule has 0 heterocycles. The second-order valence-corrected chi connectivity index (χ2v) is 5.49. The lowest BCUT2D eigenvalue weighted by Crippen LogP contribution is -2.26. The number of phenols is 2. The molecule has 1 amide bonds. The van der Waals surface area contributed by atoms with Crippen molar-refractivity contribution in [3.8, 4) is 11.5 Å². The summed E-state index contributed by atoms with van der Waals surface area (Å²) in [4.78, 5) is 14.5. The lowest BCUT2D eigenvalue weighted by molar-refractivity contribution is 0.0999. The third-order valence-electron chi connectivity index (χ3n) is 3.77. The number of para-hydroxylation sites is 1. The molecule has 0 fully saturated rings. The van der Waals surface area contributed by atoms with Crippen molar-refractivity contribution in [1.82, 2.24) is 0 Å². The van der Waals surface area contributed by atoms with Gasteiger partial charge in [-0.2, -0.15) is 0 Å². The zero-order valence-electron chi connectivity index (χ0n) is 13.3. The summed E-state index contributed by atoms with van der Waals surface area (Å²) in [6.07, 6.45) is 0. The Morgan fingerprint density at radius 1 is 0.760 bits per heavy atom. The van der Waals surface area contributed by atoms with Crippen LogP contribution in [0.2, 0.25) is 0 Å². The van der Waals surface area contributed by atoms with Gasteiger partial charge in [0, 0.05) is 17.3 Å². The van der Waals surface area contributed by atoms with E-state index in [-0.39, 0.29) is 34.3 Å². The first-order chi connectivity index (χ1) is 12.0. The number of phenolic OH excluding ortho intramolecular Hbond substituents is 2. The highest BCUT2D eigenvalue weighted by Gasteiger charge is 2.21. The monoisotopic (exact) mass is 335 g/mol. The van der Waals surface area contributed by atoms with Crippen molar-refractivity contribution in [2.75, 3.05) is 16.4 Å². The molecule has 0 bridgehead atoms. The van der Waals surface area contributed by atoms with Crippen LogP contribution in [0.1, 0.15) is 10.4 Å². The lowest BCUT2D eigenvalue weighted by atomic mass is 10.1. The highest BCUT2D eigenvalue weighted by molar-refractivity contribution is 6.11. The van der Waals surface area contributed by atoms with Gasteiger partial charge in [-0.3, -0.25) is 9.69 Å². The largest absolute Gasteiger partial charge is 0.506 e. The fourth-order valence-electron chi connectivity index (χ4n) is 2.44. The summed E-state index contributed by atoms with van der Waals surface area (Å²) in [5, 5.41) is 19.7. The summed E-state index contributed by atoms with van der Waals surface area (Å²) in [6, 6.07) is 17.8. The number of carbonyl (C=O) groups is 1. The van der Waals surface area contributed by atoms with Gasteiger partial charge in [0.1, 0.15) is 11.5 Å². The number of benzene rings is 3. The molecular weight excluding hydrogens is 318 g/mol. The van der Waals surface area contributed by atoms with Crippen LogP contribution in [0.5, 0.6) is 11.5 Å². The van der Waals surface area contributed by atoms with Crippen LogP contribution in [0.15, 0.2) is 66.7 Å². The maximum Gasteiger partial charge on any atom is 0.262 e. The molecule has 0 aromatic heterocycles. The minimum atomic E-state index is -0.384. The normalized spacial score (nSPS) is 10.4. The summed E-state index contributed by atoms with van der Waals surface area (Å²) >= 11 is 0. The minimum absolute atomic E-state index is 0.119. The van der Waals surface area contributed by atoms with Crippen LogP contribution in [0.3, 0.4) is 0 Å². The van der Waals surface area contributed by atoms with Crippen molar-refractivity contribution in [1.29, 1.82) is 0 Å². The highest BCUT2D eigenvalue weighted by Crippen LogP contribution is 2.33. The molecule has 3 rings (SSSR count). The molecule has 3 aromatic rings. The lowest BCUT2D eigenvalue weighted by Gasteiger charge is -2.23. The van der Waals surface area contributed by atoms with Crippen LogP contribution in [0.25, 0.3) is 0 Å². The number of nitrogens with two attached hydrogens (primary N) is 2. The number of amides is 1. The summed E-state index contributed by atoms with van der Waals surface area (Å²) in [5.41, 5.74) is 13.0.